The highest BCUT2D eigenvalue weighted by Crippen LogP contribution is 2.55. The van der Waals surface area contributed by atoms with Crippen LogP contribution in [0.3, 0.4) is 0 Å². The molecule has 3 heteroatoms. The third kappa shape index (κ3) is 6.41. The molecule has 3 aromatic rings. The standard InChI is InChI=1S/C26H29ClP.HI/c27-22-14-3-1-2-4-15-23-28(24-16-8-5-9-17-24,25-18-10-6-11-19-25)26-20-12-7-13-21-26;/h4-13,15-21H,1-3,14,22-23H2;1H/q+1;/p-1. The molecule has 0 amide bonds. The molecule has 29 heavy (non-hydrogen) atoms. The summed E-state index contributed by atoms with van der Waals surface area (Å²) in [6, 6.07) is 33.2. The van der Waals surface area contributed by atoms with Gasteiger partial charge in [-0.05, 0) is 55.7 Å². The van der Waals surface area contributed by atoms with Crippen molar-refractivity contribution in [3.05, 3.63) is 103 Å². The normalized spacial score (nSPS) is 11.3. The third-order valence-corrected chi connectivity index (χ3v) is 9.71. The number of hydrogen-bond acceptors (Lipinski definition) is 0. The maximum Gasteiger partial charge on any atom is 0.115 e. The van der Waals surface area contributed by atoms with Gasteiger partial charge in [-0.3, -0.25) is 0 Å². The summed E-state index contributed by atoms with van der Waals surface area (Å²) in [4.78, 5) is 0. The quantitative estimate of drug-likeness (QED) is 0.123. The molecule has 0 aromatic heterocycles. The smallest absolute Gasteiger partial charge is 0.115 e. The van der Waals surface area contributed by atoms with E-state index in [4.69, 9.17) is 11.6 Å². The van der Waals surface area contributed by atoms with Crippen LogP contribution < -0.4 is 39.9 Å². The highest BCUT2D eigenvalue weighted by atomic mass is 127. The summed E-state index contributed by atoms with van der Waals surface area (Å²) < 4.78 is 0. The molecule has 0 aliphatic rings. The minimum absolute atomic E-state index is 0. The van der Waals surface area contributed by atoms with Gasteiger partial charge in [0.05, 0.1) is 6.16 Å². The molecular weight excluding hydrogens is 506 g/mol. The number of unbranched alkanes of at least 4 members (excludes halogenated alkanes) is 3. The number of benzene rings is 3. The van der Waals surface area contributed by atoms with Crippen molar-refractivity contribution in [1.29, 1.82) is 0 Å². The Morgan fingerprint density at radius 3 is 1.45 bits per heavy atom. The van der Waals surface area contributed by atoms with Gasteiger partial charge in [0.2, 0.25) is 0 Å². The van der Waals surface area contributed by atoms with Gasteiger partial charge in [-0.2, -0.15) is 0 Å². The number of halogens is 2. The number of rotatable bonds is 10. The highest BCUT2D eigenvalue weighted by Gasteiger charge is 2.43. The number of alkyl halides is 1. The van der Waals surface area contributed by atoms with E-state index in [1.54, 1.807) is 0 Å². The van der Waals surface area contributed by atoms with Gasteiger partial charge in [0.1, 0.15) is 23.2 Å². The molecule has 152 valence electrons. The van der Waals surface area contributed by atoms with Crippen molar-refractivity contribution in [2.45, 2.75) is 25.7 Å². The summed E-state index contributed by atoms with van der Waals surface area (Å²) in [7, 11) is -1.72. The molecule has 0 unspecified atom stereocenters. The summed E-state index contributed by atoms with van der Waals surface area (Å²) in [5, 5.41) is 4.33. The van der Waals surface area contributed by atoms with E-state index in [1.807, 2.05) is 0 Å². The van der Waals surface area contributed by atoms with Crippen LogP contribution in [-0.4, -0.2) is 12.0 Å². The molecule has 0 nitrogen and oxygen atoms in total. The van der Waals surface area contributed by atoms with E-state index < -0.39 is 7.26 Å². The second kappa shape index (κ2) is 13.2. The zero-order chi connectivity index (χ0) is 19.5. The van der Waals surface area contributed by atoms with Gasteiger partial charge >= 0.3 is 0 Å². The maximum absolute atomic E-state index is 5.79. The molecule has 0 N–H and O–H groups in total. The lowest BCUT2D eigenvalue weighted by Gasteiger charge is -2.26. The van der Waals surface area contributed by atoms with Crippen LogP contribution in [0.25, 0.3) is 0 Å². The van der Waals surface area contributed by atoms with Gasteiger partial charge in [-0.1, -0.05) is 73.2 Å². The fraction of sp³-hybridized carbons (Fsp3) is 0.231. The van der Waals surface area contributed by atoms with Crippen molar-refractivity contribution in [3.63, 3.8) is 0 Å². The molecule has 0 bridgehead atoms. The second-order valence-electron chi connectivity index (χ2n) is 7.01. The van der Waals surface area contributed by atoms with E-state index in [1.165, 1.54) is 28.8 Å². The molecule has 3 rings (SSSR count). The predicted octanol–water partition coefficient (Wildman–Crippen LogP) is 3.34. The first-order valence-corrected chi connectivity index (χ1v) is 12.6. The average Bonchev–Trinajstić information content (AvgIpc) is 2.78. The first kappa shape index (κ1) is 24.1. The van der Waals surface area contributed by atoms with Crippen LogP contribution in [0.5, 0.6) is 0 Å². The van der Waals surface area contributed by atoms with Crippen LogP contribution in [0.1, 0.15) is 25.7 Å². The largest absolute Gasteiger partial charge is 1.00 e. The fourth-order valence-electron chi connectivity index (χ4n) is 3.69. The van der Waals surface area contributed by atoms with Gasteiger partial charge in [-0.25, -0.2) is 0 Å². The zero-order valence-electron chi connectivity index (χ0n) is 16.8. The Bertz CT molecular complexity index is 738. The van der Waals surface area contributed by atoms with E-state index >= 15 is 0 Å². The number of hydrogen-bond donors (Lipinski definition) is 0. The Kier molecular flexibility index (Phi) is 11.0. The molecule has 0 aliphatic heterocycles. The first-order chi connectivity index (χ1) is 13.9. The average molecular weight is 535 g/mol. The molecule has 0 saturated heterocycles. The van der Waals surface area contributed by atoms with Crippen LogP contribution in [0.4, 0.5) is 0 Å². The fourth-order valence-corrected chi connectivity index (χ4v) is 7.92. The molecule has 0 aliphatic carbocycles. The Morgan fingerprint density at radius 2 is 1.03 bits per heavy atom. The Balaban J connectivity index is 0.00000300. The summed E-state index contributed by atoms with van der Waals surface area (Å²) in [6.45, 7) is 0. The molecule has 3 aromatic carbocycles. The molecule has 0 spiro atoms. The van der Waals surface area contributed by atoms with Gasteiger partial charge in [0.25, 0.3) is 0 Å². The minimum atomic E-state index is -1.72. The topological polar surface area (TPSA) is 0 Å². The summed E-state index contributed by atoms with van der Waals surface area (Å²) in [5.41, 5.74) is 0. The predicted molar refractivity (Wildman–Crippen MR) is 128 cm³/mol. The van der Waals surface area contributed by atoms with Crippen LogP contribution >= 0.6 is 18.9 Å². The minimum Gasteiger partial charge on any atom is -1.00 e. The maximum atomic E-state index is 5.79. The molecule has 0 saturated carbocycles. The van der Waals surface area contributed by atoms with E-state index in [0.29, 0.717) is 0 Å². The lowest BCUT2D eigenvalue weighted by Crippen LogP contribution is -3.00. The lowest BCUT2D eigenvalue weighted by molar-refractivity contribution is -0.00000544. The lowest BCUT2D eigenvalue weighted by atomic mass is 10.2. The van der Waals surface area contributed by atoms with Crippen LogP contribution in [-0.2, 0) is 0 Å². The number of allylic oxidation sites excluding steroid dienone is 2. The van der Waals surface area contributed by atoms with Crippen molar-refractivity contribution in [2.24, 2.45) is 0 Å². The SMILES string of the molecule is ClCCCCCC=CC[P+](c1ccccc1)(c1ccccc1)c1ccccc1.[I-]. The van der Waals surface area contributed by atoms with Crippen LogP contribution in [0.2, 0.25) is 0 Å². The highest BCUT2D eigenvalue weighted by molar-refractivity contribution is 7.95. The summed E-state index contributed by atoms with van der Waals surface area (Å²) in [5.74, 6) is 0.772. The van der Waals surface area contributed by atoms with Gasteiger partial charge in [0.15, 0.2) is 0 Å². The van der Waals surface area contributed by atoms with Crippen molar-refractivity contribution >= 4 is 34.8 Å². The van der Waals surface area contributed by atoms with Crippen LogP contribution in [0.15, 0.2) is 103 Å². The van der Waals surface area contributed by atoms with Crippen LogP contribution in [0, 0.1) is 0 Å². The van der Waals surface area contributed by atoms with E-state index in [9.17, 15) is 0 Å². The van der Waals surface area contributed by atoms with E-state index in [0.717, 1.165) is 24.9 Å². The molecular formula is C26H29ClIP. The Labute approximate surface area is 198 Å². The van der Waals surface area contributed by atoms with Gasteiger partial charge < -0.3 is 24.0 Å². The molecule has 0 heterocycles. The molecule has 0 radical (unpaired) electrons. The second-order valence-corrected chi connectivity index (χ2v) is 10.9. The van der Waals surface area contributed by atoms with Gasteiger partial charge in [-0.15, -0.1) is 11.6 Å². The summed E-state index contributed by atoms with van der Waals surface area (Å²) >= 11 is 5.79. The monoisotopic (exact) mass is 534 g/mol. The zero-order valence-corrected chi connectivity index (χ0v) is 20.6. The van der Waals surface area contributed by atoms with Crippen molar-refractivity contribution in [2.75, 3.05) is 12.0 Å². The third-order valence-electron chi connectivity index (χ3n) is 5.14. The summed E-state index contributed by atoms with van der Waals surface area (Å²) in [6.07, 6.45) is 10.5. The molecule has 0 fully saturated rings. The van der Waals surface area contributed by atoms with E-state index in [2.05, 4.69) is 103 Å². The van der Waals surface area contributed by atoms with Crippen molar-refractivity contribution in [1.82, 2.24) is 0 Å². The van der Waals surface area contributed by atoms with Gasteiger partial charge in [0, 0.05) is 5.88 Å². The van der Waals surface area contributed by atoms with Crippen molar-refractivity contribution < 1.29 is 24.0 Å². The Hall–Kier alpha value is -1.15. The first-order valence-electron chi connectivity index (χ1n) is 10.1. The Morgan fingerprint density at radius 1 is 0.586 bits per heavy atom. The van der Waals surface area contributed by atoms with E-state index in [-0.39, 0.29) is 24.0 Å². The molecule has 0 atom stereocenters. The van der Waals surface area contributed by atoms with Crippen molar-refractivity contribution in [3.8, 4) is 0 Å².